The molecule has 53 heavy (non-hydrogen) atoms. The van der Waals surface area contributed by atoms with Gasteiger partial charge in [0.1, 0.15) is 0 Å². The first kappa shape index (κ1) is 32.0. The second-order valence-electron chi connectivity index (χ2n) is 13.7. The second-order valence-corrected chi connectivity index (χ2v) is 13.7. The van der Waals surface area contributed by atoms with E-state index in [1.165, 1.54) is 44.2 Å². The first-order chi connectivity index (χ1) is 26.2. The number of benzene rings is 6. The topological polar surface area (TPSA) is 28.7 Å². The molecule has 250 valence electrons. The van der Waals surface area contributed by atoms with Crippen LogP contribution in [0.15, 0.2) is 193 Å². The van der Waals surface area contributed by atoms with Crippen molar-refractivity contribution in [1.29, 1.82) is 5.26 Å². The van der Waals surface area contributed by atoms with E-state index >= 15 is 0 Å². The van der Waals surface area contributed by atoms with Crippen LogP contribution in [-0.2, 0) is 0 Å². The number of allylic oxidation sites excluding steroid dienone is 10. The molecule has 0 amide bonds. The van der Waals surface area contributed by atoms with Crippen LogP contribution < -0.4 is 0 Å². The number of nitriles is 1. The van der Waals surface area contributed by atoms with Gasteiger partial charge in [0.2, 0.25) is 0 Å². The molecule has 0 radical (unpaired) electrons. The first-order valence-corrected chi connectivity index (χ1v) is 18.1. The van der Waals surface area contributed by atoms with Gasteiger partial charge in [0.15, 0.2) is 0 Å². The Balaban J connectivity index is 1.02. The van der Waals surface area contributed by atoms with Gasteiger partial charge in [-0.05, 0) is 110 Å². The molecule has 4 bridgehead atoms. The summed E-state index contributed by atoms with van der Waals surface area (Å²) in [6, 6.07) is 47.2. The van der Waals surface area contributed by atoms with Crippen LogP contribution in [0.3, 0.4) is 0 Å². The summed E-state index contributed by atoms with van der Waals surface area (Å²) < 4.78 is 2.28. The van der Waals surface area contributed by atoms with E-state index in [9.17, 15) is 5.26 Å². The predicted octanol–water partition coefficient (Wildman–Crippen LogP) is 13.2. The molecule has 0 aliphatic heterocycles. The van der Waals surface area contributed by atoms with Crippen LogP contribution in [0.25, 0.3) is 67.6 Å². The number of nitrogens with zero attached hydrogens (tertiary/aromatic N) is 2. The van der Waals surface area contributed by atoms with Gasteiger partial charge in [0.05, 0.1) is 22.7 Å². The van der Waals surface area contributed by atoms with Crippen LogP contribution in [0.4, 0.5) is 0 Å². The van der Waals surface area contributed by atoms with Crippen LogP contribution in [0, 0.1) is 17.2 Å². The second kappa shape index (κ2) is 13.6. The summed E-state index contributed by atoms with van der Waals surface area (Å²) in [5, 5.41) is 14.3. The zero-order valence-electron chi connectivity index (χ0n) is 29.3. The lowest BCUT2D eigenvalue weighted by molar-refractivity contribution is 0.812. The Kier molecular flexibility index (Phi) is 8.23. The number of hydrogen-bond donors (Lipinski definition) is 0. The van der Waals surface area contributed by atoms with Gasteiger partial charge in [-0.2, -0.15) is 5.26 Å². The Bertz CT molecular complexity index is 2820. The van der Waals surface area contributed by atoms with Gasteiger partial charge in [0, 0.05) is 16.5 Å². The van der Waals surface area contributed by atoms with E-state index in [1.807, 2.05) is 24.3 Å². The Hall–Kier alpha value is -6.95. The predicted molar refractivity (Wildman–Crippen MR) is 225 cm³/mol. The third-order valence-electron chi connectivity index (χ3n) is 10.5. The molecule has 0 spiro atoms. The average Bonchev–Trinajstić information content (AvgIpc) is 3.53. The zero-order chi connectivity index (χ0) is 35.7. The molecule has 1 unspecified atom stereocenters. The molecular formula is C51H36N2. The molecule has 2 nitrogen and oxygen atoms in total. The quantitative estimate of drug-likeness (QED) is 0.161. The Morgan fingerprint density at radius 2 is 1.60 bits per heavy atom. The smallest absolute Gasteiger partial charge is 0.0991 e. The summed E-state index contributed by atoms with van der Waals surface area (Å²) in [6.07, 6.45) is 23.2. The molecule has 0 N–H and O–H groups in total. The van der Waals surface area contributed by atoms with Gasteiger partial charge >= 0.3 is 0 Å². The van der Waals surface area contributed by atoms with E-state index in [2.05, 4.69) is 181 Å². The van der Waals surface area contributed by atoms with Crippen molar-refractivity contribution >= 4 is 50.8 Å². The average molecular weight is 677 g/mol. The van der Waals surface area contributed by atoms with E-state index in [4.69, 9.17) is 0 Å². The van der Waals surface area contributed by atoms with Crippen LogP contribution in [-0.4, -0.2) is 4.57 Å². The maximum atomic E-state index is 9.60. The minimum Gasteiger partial charge on any atom is -0.309 e. The largest absolute Gasteiger partial charge is 0.309 e. The highest BCUT2D eigenvalue weighted by Crippen LogP contribution is 2.37. The summed E-state index contributed by atoms with van der Waals surface area (Å²) in [6.45, 7) is 4.21. The normalized spacial score (nSPS) is 15.5. The lowest BCUT2D eigenvalue weighted by atomic mass is 9.84. The Morgan fingerprint density at radius 3 is 2.49 bits per heavy atom. The van der Waals surface area contributed by atoms with Crippen molar-refractivity contribution in [2.75, 3.05) is 0 Å². The molecule has 1 aromatic heterocycles. The van der Waals surface area contributed by atoms with Gasteiger partial charge < -0.3 is 4.57 Å². The molecule has 1 atom stereocenters. The van der Waals surface area contributed by atoms with Gasteiger partial charge in [-0.3, -0.25) is 0 Å². The van der Waals surface area contributed by atoms with Crippen molar-refractivity contribution in [3.8, 4) is 22.9 Å². The van der Waals surface area contributed by atoms with Gasteiger partial charge in [-0.1, -0.05) is 152 Å². The minimum absolute atomic E-state index is 0.300. The Labute approximate surface area is 310 Å². The molecule has 7 aromatic rings. The van der Waals surface area contributed by atoms with Crippen LogP contribution in [0.5, 0.6) is 0 Å². The number of fused-ring (bicyclic) bond motifs is 7. The molecule has 2 heteroatoms. The fraction of sp³-hybridized carbons (Fsp3) is 0.0392. The van der Waals surface area contributed by atoms with Crippen molar-refractivity contribution in [2.45, 2.75) is 6.42 Å². The van der Waals surface area contributed by atoms with Crippen LogP contribution >= 0.6 is 0 Å². The summed E-state index contributed by atoms with van der Waals surface area (Å²) in [5.41, 5.74) is 13.5. The minimum atomic E-state index is 0.300. The van der Waals surface area contributed by atoms with Crippen molar-refractivity contribution in [2.24, 2.45) is 5.92 Å². The molecule has 6 aromatic carbocycles. The van der Waals surface area contributed by atoms with E-state index in [-0.39, 0.29) is 0 Å². The van der Waals surface area contributed by atoms with Crippen molar-refractivity contribution in [1.82, 2.24) is 4.57 Å². The van der Waals surface area contributed by atoms with Crippen molar-refractivity contribution in [3.05, 3.63) is 215 Å². The van der Waals surface area contributed by atoms with E-state index in [0.29, 0.717) is 11.5 Å². The number of para-hydroxylation sites is 1. The molecule has 9 rings (SSSR count). The number of hydrogen-bond acceptors (Lipinski definition) is 1. The molecule has 2 aliphatic rings. The summed E-state index contributed by atoms with van der Waals surface area (Å²) in [4.78, 5) is 0. The zero-order valence-corrected chi connectivity index (χ0v) is 29.3. The lowest BCUT2D eigenvalue weighted by Crippen LogP contribution is -2.03. The van der Waals surface area contributed by atoms with Gasteiger partial charge in [0.25, 0.3) is 0 Å². The Morgan fingerprint density at radius 1 is 0.736 bits per heavy atom. The molecule has 0 saturated carbocycles. The molecular weight excluding hydrogens is 641 g/mol. The first-order valence-electron chi connectivity index (χ1n) is 18.1. The fourth-order valence-corrected chi connectivity index (χ4v) is 7.86. The highest BCUT2D eigenvalue weighted by Gasteiger charge is 2.17. The van der Waals surface area contributed by atoms with Crippen LogP contribution in [0.2, 0.25) is 0 Å². The fourth-order valence-electron chi connectivity index (χ4n) is 7.86. The standard InChI is InChI=1S/C51H36N2/c1-2-39(12-8-10-35-22-28-48-49-32-38(34-52)23-29-50(49)53(51(48)33-35)43-14-4-3-5-15-43)44-26-20-36-19-25-42-31-37(18-24-41(44)30-36)21-27-46(42)47-17-9-13-40-11-6-7-16-45(40)47/h2-19,21-33,36H,1,20H2. The molecule has 0 fully saturated rings. The van der Waals surface area contributed by atoms with Gasteiger partial charge in [-0.25, -0.2) is 0 Å². The molecule has 2 aliphatic carbocycles. The highest BCUT2D eigenvalue weighted by molar-refractivity contribution is 6.10. The van der Waals surface area contributed by atoms with E-state index in [0.717, 1.165) is 45.1 Å². The third kappa shape index (κ3) is 5.99. The number of rotatable bonds is 6. The summed E-state index contributed by atoms with van der Waals surface area (Å²) in [5.74, 6) is 0.300. The van der Waals surface area contributed by atoms with Crippen molar-refractivity contribution < 1.29 is 0 Å². The van der Waals surface area contributed by atoms with E-state index in [1.54, 1.807) is 0 Å². The highest BCUT2D eigenvalue weighted by atomic mass is 15.0. The van der Waals surface area contributed by atoms with E-state index < -0.39 is 0 Å². The van der Waals surface area contributed by atoms with Crippen LogP contribution in [0.1, 0.15) is 28.7 Å². The monoisotopic (exact) mass is 676 g/mol. The lowest BCUT2D eigenvalue weighted by Gasteiger charge is -2.20. The third-order valence-corrected chi connectivity index (χ3v) is 10.5. The number of aromatic nitrogens is 1. The maximum Gasteiger partial charge on any atom is 0.0991 e. The summed E-state index contributed by atoms with van der Waals surface area (Å²) in [7, 11) is 0. The van der Waals surface area contributed by atoms with Crippen molar-refractivity contribution in [3.63, 3.8) is 0 Å². The molecule has 1 heterocycles. The SMILES string of the molecule is C=CC(=CC=Cc1ccc2c3cc(C#N)ccc3n(-c3ccccc3)c2c1)C1=CCC2C=Cc3cc(ccc3-c3cccc4ccccc34)C=CC1=C2. The van der Waals surface area contributed by atoms with Gasteiger partial charge in [-0.15, -0.1) is 0 Å². The summed E-state index contributed by atoms with van der Waals surface area (Å²) >= 11 is 0. The maximum absolute atomic E-state index is 9.60. The molecule has 0 saturated heterocycles.